The van der Waals surface area contributed by atoms with Crippen LogP contribution in [0.15, 0.2) is 41.2 Å². The summed E-state index contributed by atoms with van der Waals surface area (Å²) < 4.78 is 15.5. The normalized spacial score (nSPS) is 19.1. The lowest BCUT2D eigenvalue weighted by atomic mass is 9.83. The van der Waals surface area contributed by atoms with E-state index in [1.807, 2.05) is 9.80 Å². The zero-order valence-electron chi connectivity index (χ0n) is 20.3. The molecule has 1 aromatic carbocycles. The smallest absolute Gasteiger partial charge is 0.254 e. The molecule has 0 bridgehead atoms. The van der Waals surface area contributed by atoms with Crippen LogP contribution < -0.4 is 5.56 Å². The number of hydrogen-bond acceptors (Lipinski definition) is 4. The largest absolute Gasteiger partial charge is 0.508 e. The molecule has 2 saturated heterocycles. The van der Waals surface area contributed by atoms with Crippen LogP contribution in [0.5, 0.6) is 5.75 Å². The van der Waals surface area contributed by atoms with E-state index in [4.69, 9.17) is 0 Å². The fourth-order valence-corrected chi connectivity index (χ4v) is 5.56. The monoisotopic (exact) mass is 483 g/mol. The van der Waals surface area contributed by atoms with Crippen molar-refractivity contribution in [3.8, 4) is 5.75 Å². The molecule has 4 rings (SSSR count). The van der Waals surface area contributed by atoms with E-state index in [-0.39, 0.29) is 54.4 Å². The van der Waals surface area contributed by atoms with Crippen molar-refractivity contribution in [3.05, 3.63) is 63.8 Å². The number of carbonyl (C=O) groups is 2. The Bertz CT molecular complexity index is 1120. The number of aromatic nitrogens is 1. The third-order valence-electron chi connectivity index (χ3n) is 7.47. The molecule has 0 aliphatic carbocycles. The Morgan fingerprint density at radius 2 is 1.77 bits per heavy atom. The maximum Gasteiger partial charge on any atom is 0.254 e. The minimum atomic E-state index is -0.350. The molecule has 35 heavy (non-hydrogen) atoms. The van der Waals surface area contributed by atoms with Crippen molar-refractivity contribution in [1.82, 2.24) is 14.4 Å². The Labute approximate surface area is 205 Å². The minimum Gasteiger partial charge on any atom is -0.508 e. The van der Waals surface area contributed by atoms with Crippen LogP contribution in [0, 0.1) is 18.7 Å². The first-order valence-electron chi connectivity index (χ1n) is 12.5. The van der Waals surface area contributed by atoms with Gasteiger partial charge in [-0.2, -0.15) is 0 Å². The van der Waals surface area contributed by atoms with Crippen molar-refractivity contribution in [2.75, 3.05) is 19.6 Å². The van der Waals surface area contributed by atoms with Crippen LogP contribution in [-0.4, -0.2) is 57.0 Å². The third-order valence-corrected chi connectivity index (χ3v) is 7.47. The summed E-state index contributed by atoms with van der Waals surface area (Å²) in [5.41, 5.74) is 0.745. The predicted octanol–water partition coefficient (Wildman–Crippen LogP) is 3.25. The highest BCUT2D eigenvalue weighted by molar-refractivity contribution is 5.79. The summed E-state index contributed by atoms with van der Waals surface area (Å²) in [5, 5.41) is 9.59. The number of benzene rings is 1. The molecule has 0 saturated carbocycles. The number of piperidine rings is 2. The van der Waals surface area contributed by atoms with Gasteiger partial charge in [-0.1, -0.05) is 18.2 Å². The van der Waals surface area contributed by atoms with Crippen LogP contribution in [0.3, 0.4) is 0 Å². The Morgan fingerprint density at radius 3 is 2.49 bits per heavy atom. The summed E-state index contributed by atoms with van der Waals surface area (Å²) in [6.45, 7) is 4.00. The van der Waals surface area contributed by atoms with E-state index in [0.29, 0.717) is 30.3 Å². The van der Waals surface area contributed by atoms with E-state index in [1.165, 1.54) is 22.8 Å². The van der Waals surface area contributed by atoms with Crippen LogP contribution in [0.25, 0.3) is 0 Å². The van der Waals surface area contributed by atoms with E-state index in [9.17, 15) is 23.9 Å². The first-order chi connectivity index (χ1) is 16.8. The van der Waals surface area contributed by atoms with Gasteiger partial charge in [0.15, 0.2) is 0 Å². The molecule has 2 aliphatic rings. The molecule has 1 atom stereocenters. The van der Waals surface area contributed by atoms with Crippen molar-refractivity contribution in [3.63, 3.8) is 0 Å². The lowest BCUT2D eigenvalue weighted by molar-refractivity contribution is -0.139. The Kier molecular flexibility index (Phi) is 7.88. The van der Waals surface area contributed by atoms with E-state index < -0.39 is 0 Å². The average molecular weight is 484 g/mol. The fraction of sp³-hybridized carbons (Fsp3) is 0.519. The molecule has 2 amide bonds. The number of aryl methyl sites for hydroxylation is 1. The Morgan fingerprint density at radius 1 is 1.03 bits per heavy atom. The summed E-state index contributed by atoms with van der Waals surface area (Å²) in [7, 11) is 0. The summed E-state index contributed by atoms with van der Waals surface area (Å²) in [6, 6.07) is 9.24. The summed E-state index contributed by atoms with van der Waals surface area (Å²) in [5.74, 6) is -0.0939. The number of aromatic hydroxyl groups is 1. The molecule has 3 heterocycles. The van der Waals surface area contributed by atoms with Gasteiger partial charge in [-0.3, -0.25) is 14.4 Å². The first kappa shape index (κ1) is 24.9. The van der Waals surface area contributed by atoms with Crippen molar-refractivity contribution >= 4 is 11.8 Å². The van der Waals surface area contributed by atoms with Crippen LogP contribution in [-0.2, 0) is 22.6 Å². The number of likely N-dealkylation sites (tertiary alicyclic amines) is 2. The standard InChI is InChI=1S/C27H34FN3O4/c1-19-16-22(32)18-27(35)30(19)15-11-25(33)31-12-5-4-8-24(31)20-9-13-29(14-10-20)26(34)17-21-6-2-3-7-23(21)28/h2-3,6-7,16,18,20,24,32H,4-5,8-15,17H2,1H3. The molecule has 2 aliphatic heterocycles. The van der Waals surface area contributed by atoms with Gasteiger partial charge < -0.3 is 19.5 Å². The quantitative estimate of drug-likeness (QED) is 0.684. The Hall–Kier alpha value is -3.16. The molecular weight excluding hydrogens is 449 g/mol. The minimum absolute atomic E-state index is 0.0483. The van der Waals surface area contributed by atoms with Crippen molar-refractivity contribution in [1.29, 1.82) is 0 Å². The highest BCUT2D eigenvalue weighted by Gasteiger charge is 2.35. The predicted molar refractivity (Wildman–Crippen MR) is 130 cm³/mol. The van der Waals surface area contributed by atoms with Crippen molar-refractivity contribution in [2.24, 2.45) is 5.92 Å². The molecule has 7 nitrogen and oxygen atoms in total. The molecular formula is C27H34FN3O4. The van der Waals surface area contributed by atoms with Gasteiger partial charge in [-0.15, -0.1) is 0 Å². The van der Waals surface area contributed by atoms with E-state index >= 15 is 0 Å². The molecule has 1 aromatic heterocycles. The molecule has 0 spiro atoms. The van der Waals surface area contributed by atoms with Gasteiger partial charge in [0.2, 0.25) is 11.8 Å². The first-order valence-corrected chi connectivity index (χ1v) is 12.5. The van der Waals surface area contributed by atoms with Gasteiger partial charge >= 0.3 is 0 Å². The highest BCUT2D eigenvalue weighted by Crippen LogP contribution is 2.31. The number of nitrogens with zero attached hydrogens (tertiary/aromatic N) is 3. The maximum atomic E-state index is 13.9. The van der Waals surface area contributed by atoms with Crippen LogP contribution in [0.4, 0.5) is 4.39 Å². The van der Waals surface area contributed by atoms with E-state index in [1.54, 1.807) is 25.1 Å². The lowest BCUT2D eigenvalue weighted by Crippen LogP contribution is -2.51. The second-order valence-corrected chi connectivity index (χ2v) is 9.73. The molecule has 0 radical (unpaired) electrons. The van der Waals surface area contributed by atoms with Crippen molar-refractivity contribution in [2.45, 2.75) is 64.5 Å². The molecule has 2 aromatic rings. The van der Waals surface area contributed by atoms with Crippen LogP contribution >= 0.6 is 0 Å². The van der Waals surface area contributed by atoms with E-state index in [0.717, 1.165) is 38.6 Å². The summed E-state index contributed by atoms with van der Waals surface area (Å²) in [4.78, 5) is 41.9. The lowest BCUT2D eigenvalue weighted by Gasteiger charge is -2.44. The number of carbonyl (C=O) groups excluding carboxylic acids is 2. The van der Waals surface area contributed by atoms with Crippen LogP contribution in [0.1, 0.15) is 49.8 Å². The summed E-state index contributed by atoms with van der Waals surface area (Å²) in [6.07, 6.45) is 4.97. The van der Waals surface area contributed by atoms with Gasteiger partial charge in [0.05, 0.1) is 6.42 Å². The second-order valence-electron chi connectivity index (χ2n) is 9.73. The van der Waals surface area contributed by atoms with Gasteiger partial charge in [-0.05, 0) is 62.6 Å². The second kappa shape index (κ2) is 11.1. The van der Waals surface area contributed by atoms with Gasteiger partial charge in [0.25, 0.3) is 5.56 Å². The SMILES string of the molecule is Cc1cc(O)cc(=O)n1CCC(=O)N1CCCCC1C1CCN(C(=O)Cc2ccccc2F)CC1. The van der Waals surface area contributed by atoms with Crippen molar-refractivity contribution < 1.29 is 19.1 Å². The van der Waals surface area contributed by atoms with Crippen LogP contribution in [0.2, 0.25) is 0 Å². The topological polar surface area (TPSA) is 82.8 Å². The zero-order chi connectivity index (χ0) is 24.9. The number of rotatable bonds is 6. The molecule has 2 fully saturated rings. The number of amides is 2. The maximum absolute atomic E-state index is 13.9. The van der Waals surface area contributed by atoms with Gasteiger partial charge in [0.1, 0.15) is 11.6 Å². The highest BCUT2D eigenvalue weighted by atomic mass is 19.1. The molecule has 8 heteroatoms. The number of pyridine rings is 1. The van der Waals surface area contributed by atoms with E-state index in [2.05, 4.69) is 0 Å². The molecule has 1 N–H and O–H groups in total. The zero-order valence-corrected chi connectivity index (χ0v) is 20.3. The summed E-state index contributed by atoms with van der Waals surface area (Å²) >= 11 is 0. The Balaban J connectivity index is 1.33. The van der Waals surface area contributed by atoms with Gasteiger partial charge in [-0.25, -0.2) is 4.39 Å². The average Bonchev–Trinajstić information content (AvgIpc) is 2.84. The fourth-order valence-electron chi connectivity index (χ4n) is 5.56. The molecule has 188 valence electrons. The third kappa shape index (κ3) is 5.92. The number of halogens is 1. The van der Waals surface area contributed by atoms with Gasteiger partial charge in [0, 0.05) is 50.4 Å². The number of hydrogen-bond donors (Lipinski definition) is 1. The molecule has 1 unspecified atom stereocenters.